The maximum Gasteiger partial charge on any atom is 0.228 e. The Bertz CT molecular complexity index is 924. The van der Waals surface area contributed by atoms with Crippen LogP contribution in [0, 0.1) is 5.82 Å². The van der Waals surface area contributed by atoms with Crippen molar-refractivity contribution in [1.29, 1.82) is 0 Å². The van der Waals surface area contributed by atoms with Crippen LogP contribution < -0.4 is 10.1 Å². The third-order valence-electron chi connectivity index (χ3n) is 3.75. The fraction of sp³-hybridized carbons (Fsp3) is 0.111. The number of halogens is 2. The van der Waals surface area contributed by atoms with Crippen LogP contribution in [0.25, 0.3) is 6.08 Å². The van der Waals surface area contributed by atoms with E-state index in [2.05, 4.69) is 5.32 Å². The van der Waals surface area contributed by atoms with Gasteiger partial charge in [0, 0.05) is 11.1 Å². The molecule has 25 heavy (non-hydrogen) atoms. The third-order valence-corrected chi connectivity index (χ3v) is 4.04. The number of fused-ring (bicyclic) bond motifs is 1. The number of ether oxygens (including phenoxy) is 1. The molecule has 0 spiro atoms. The molecular weight excluding hydrogens is 349 g/mol. The smallest absolute Gasteiger partial charge is 0.228 e. The summed E-state index contributed by atoms with van der Waals surface area (Å²) in [5.41, 5.74) is 0.983. The quantitative estimate of drug-likeness (QED) is 0.798. The van der Waals surface area contributed by atoms with Crippen LogP contribution in [0.5, 0.6) is 11.5 Å². The number of rotatable bonds is 2. The number of phenolic OH excluding ortho intramolecular Hbond substituents is 1. The largest absolute Gasteiger partial charge is 0.503 e. The van der Waals surface area contributed by atoms with Crippen LogP contribution in [0.1, 0.15) is 22.3 Å². The third kappa shape index (κ3) is 3.34. The van der Waals surface area contributed by atoms with Gasteiger partial charge in [-0.25, -0.2) is 4.39 Å². The van der Waals surface area contributed by atoms with Gasteiger partial charge in [0.1, 0.15) is 5.82 Å². The van der Waals surface area contributed by atoms with E-state index in [9.17, 15) is 19.1 Å². The summed E-state index contributed by atoms with van der Waals surface area (Å²) in [5.74, 6) is -1.50. The van der Waals surface area contributed by atoms with Crippen LogP contribution in [0.3, 0.4) is 0 Å². The number of hydrogen-bond donors (Lipinski definition) is 2. The normalized spacial score (nSPS) is 15.6. The molecule has 1 amide bonds. The molecule has 128 valence electrons. The lowest BCUT2D eigenvalue weighted by molar-refractivity contribution is -0.115. The van der Waals surface area contributed by atoms with E-state index in [1.807, 2.05) is 0 Å². The number of anilines is 1. The Morgan fingerprint density at radius 1 is 1.28 bits per heavy atom. The molecular formula is C18H13ClFNO4. The number of methoxy groups -OCH3 is 1. The average molecular weight is 362 g/mol. The summed E-state index contributed by atoms with van der Waals surface area (Å²) >= 11 is 5.94. The number of nitrogens with one attached hydrogen (secondary N) is 1. The lowest BCUT2D eigenvalue weighted by Gasteiger charge is -2.08. The molecule has 0 bridgehead atoms. The Labute approximate surface area is 147 Å². The molecule has 0 unspecified atom stereocenters. The first-order valence-electron chi connectivity index (χ1n) is 7.30. The van der Waals surface area contributed by atoms with Crippen molar-refractivity contribution in [2.24, 2.45) is 0 Å². The summed E-state index contributed by atoms with van der Waals surface area (Å²) in [6, 6.07) is 6.53. The van der Waals surface area contributed by atoms with Crippen LogP contribution >= 0.6 is 11.6 Å². The highest BCUT2D eigenvalue weighted by Crippen LogP contribution is 2.36. The predicted octanol–water partition coefficient (Wildman–Crippen LogP) is 3.80. The first-order valence-corrected chi connectivity index (χ1v) is 7.68. The molecule has 0 aliphatic carbocycles. The number of ketones is 1. The Hall–Kier alpha value is -2.86. The topological polar surface area (TPSA) is 75.6 Å². The van der Waals surface area contributed by atoms with E-state index in [1.54, 1.807) is 0 Å². The van der Waals surface area contributed by atoms with Crippen LogP contribution in [-0.4, -0.2) is 23.9 Å². The highest BCUT2D eigenvalue weighted by atomic mass is 35.5. The van der Waals surface area contributed by atoms with E-state index in [4.69, 9.17) is 16.3 Å². The van der Waals surface area contributed by atoms with Gasteiger partial charge in [0.2, 0.25) is 5.91 Å². The summed E-state index contributed by atoms with van der Waals surface area (Å²) in [6.45, 7) is 0. The van der Waals surface area contributed by atoms with Crippen molar-refractivity contribution in [2.45, 2.75) is 6.42 Å². The molecule has 1 aliphatic heterocycles. The van der Waals surface area contributed by atoms with Gasteiger partial charge in [-0.1, -0.05) is 11.6 Å². The molecule has 3 rings (SSSR count). The van der Waals surface area contributed by atoms with E-state index in [-0.39, 0.29) is 45.7 Å². The number of phenols is 1. The predicted molar refractivity (Wildman–Crippen MR) is 91.6 cm³/mol. The molecule has 0 saturated carbocycles. The lowest BCUT2D eigenvalue weighted by Crippen LogP contribution is -2.10. The SMILES string of the molecule is COc1cc(/C=C2/CC(=O)Nc3ccc(F)cc3C2=O)cc(Cl)c1O. The first kappa shape index (κ1) is 17.0. The minimum Gasteiger partial charge on any atom is -0.503 e. The van der Waals surface area contributed by atoms with Crippen molar-refractivity contribution in [3.8, 4) is 11.5 Å². The molecule has 1 aliphatic rings. The van der Waals surface area contributed by atoms with Crippen molar-refractivity contribution >= 4 is 35.1 Å². The molecule has 0 atom stereocenters. The van der Waals surface area contributed by atoms with Crippen LogP contribution in [0.15, 0.2) is 35.9 Å². The van der Waals surface area contributed by atoms with Gasteiger partial charge in [0.15, 0.2) is 17.3 Å². The summed E-state index contributed by atoms with van der Waals surface area (Å²) in [7, 11) is 1.37. The molecule has 0 aromatic heterocycles. The second-order valence-electron chi connectivity index (χ2n) is 5.47. The second-order valence-corrected chi connectivity index (χ2v) is 5.87. The molecule has 2 N–H and O–H groups in total. The molecule has 5 nitrogen and oxygen atoms in total. The number of Topliss-reactive ketones (excluding diaryl/α,β-unsaturated/α-hetero) is 1. The number of carbonyl (C=O) groups is 2. The van der Waals surface area contributed by atoms with Crippen molar-refractivity contribution in [3.63, 3.8) is 0 Å². The summed E-state index contributed by atoms with van der Waals surface area (Å²) < 4.78 is 18.5. The van der Waals surface area contributed by atoms with E-state index in [1.165, 1.54) is 37.5 Å². The second kappa shape index (κ2) is 6.57. The van der Waals surface area contributed by atoms with Crippen molar-refractivity contribution in [2.75, 3.05) is 12.4 Å². The van der Waals surface area contributed by atoms with E-state index < -0.39 is 11.6 Å². The van der Waals surface area contributed by atoms with Gasteiger partial charge in [0.25, 0.3) is 0 Å². The van der Waals surface area contributed by atoms with Gasteiger partial charge >= 0.3 is 0 Å². The van der Waals surface area contributed by atoms with E-state index in [0.29, 0.717) is 5.56 Å². The fourth-order valence-electron chi connectivity index (χ4n) is 2.58. The molecule has 7 heteroatoms. The van der Waals surface area contributed by atoms with Gasteiger partial charge in [-0.3, -0.25) is 9.59 Å². The maximum absolute atomic E-state index is 13.5. The van der Waals surface area contributed by atoms with Crippen molar-refractivity contribution < 1.29 is 23.8 Å². The molecule has 1 heterocycles. The number of carbonyl (C=O) groups excluding carboxylic acids is 2. The first-order chi connectivity index (χ1) is 11.9. The number of benzene rings is 2. The molecule has 0 fully saturated rings. The summed E-state index contributed by atoms with van der Waals surface area (Å²) in [5, 5.41) is 12.4. The zero-order valence-corrected chi connectivity index (χ0v) is 13.9. The monoisotopic (exact) mass is 361 g/mol. The van der Waals surface area contributed by atoms with Crippen LogP contribution in [0.4, 0.5) is 10.1 Å². The van der Waals surface area contributed by atoms with Gasteiger partial charge in [0.05, 0.1) is 24.2 Å². The zero-order chi connectivity index (χ0) is 18.1. The number of amides is 1. The van der Waals surface area contributed by atoms with Crippen LogP contribution in [0.2, 0.25) is 5.02 Å². The van der Waals surface area contributed by atoms with Crippen molar-refractivity contribution in [1.82, 2.24) is 0 Å². The van der Waals surface area contributed by atoms with Gasteiger partial charge in [-0.05, 0) is 42.0 Å². The van der Waals surface area contributed by atoms with E-state index in [0.717, 1.165) is 6.07 Å². The Morgan fingerprint density at radius 3 is 2.76 bits per heavy atom. The zero-order valence-electron chi connectivity index (χ0n) is 13.1. The summed E-state index contributed by atoms with van der Waals surface area (Å²) in [4.78, 5) is 24.7. The summed E-state index contributed by atoms with van der Waals surface area (Å²) in [6.07, 6.45) is 1.30. The minimum atomic E-state index is -0.572. The standard InChI is InChI=1S/C18H13ClFNO4/c1-25-15-6-9(5-13(19)18(15)24)4-10-7-16(22)21-14-3-2-11(20)8-12(14)17(10)23/h2-6,8,24H,7H2,1H3,(H,21,22)/b10-4-. The van der Waals surface area contributed by atoms with Gasteiger partial charge in [-0.15, -0.1) is 0 Å². The van der Waals surface area contributed by atoms with Crippen molar-refractivity contribution in [3.05, 3.63) is 57.9 Å². The van der Waals surface area contributed by atoms with Gasteiger partial charge < -0.3 is 15.2 Å². The van der Waals surface area contributed by atoms with Gasteiger partial charge in [-0.2, -0.15) is 0 Å². The Morgan fingerprint density at radius 2 is 2.04 bits per heavy atom. The number of aromatic hydroxyl groups is 1. The highest BCUT2D eigenvalue weighted by Gasteiger charge is 2.24. The molecule has 0 radical (unpaired) electrons. The maximum atomic E-state index is 13.5. The Balaban J connectivity index is 2.10. The minimum absolute atomic E-state index is 0.0446. The number of hydrogen-bond acceptors (Lipinski definition) is 4. The highest BCUT2D eigenvalue weighted by molar-refractivity contribution is 6.32. The average Bonchev–Trinajstić information content (AvgIpc) is 2.68. The van der Waals surface area contributed by atoms with Crippen LogP contribution in [-0.2, 0) is 4.79 Å². The Kier molecular flexibility index (Phi) is 4.46. The molecule has 0 saturated heterocycles. The molecule has 2 aromatic carbocycles. The molecule has 2 aromatic rings. The fourth-order valence-corrected chi connectivity index (χ4v) is 2.80. The van der Waals surface area contributed by atoms with E-state index >= 15 is 0 Å². The lowest BCUT2D eigenvalue weighted by atomic mass is 9.98.